The normalized spacial score (nSPS) is 23.0. The zero-order valence-electron chi connectivity index (χ0n) is 22.5. The molecule has 0 spiro atoms. The lowest BCUT2D eigenvalue weighted by Gasteiger charge is -2.52. The third kappa shape index (κ3) is 3.81. The second-order valence-corrected chi connectivity index (χ2v) is 11.6. The number of non-ortho nitro benzene ring substituents is 1. The van der Waals surface area contributed by atoms with E-state index in [0.717, 1.165) is 45.4 Å². The number of nitrogens with one attached hydrogen (secondary N) is 1. The number of nitro groups is 1. The van der Waals surface area contributed by atoms with Crippen LogP contribution in [0.15, 0.2) is 90.0 Å². The summed E-state index contributed by atoms with van der Waals surface area (Å²) < 4.78 is 0. The van der Waals surface area contributed by atoms with Gasteiger partial charge in [0.05, 0.1) is 38.4 Å². The van der Waals surface area contributed by atoms with Crippen LogP contribution in [0.5, 0.6) is 5.75 Å². The van der Waals surface area contributed by atoms with Gasteiger partial charge in [0.2, 0.25) is 11.8 Å². The highest BCUT2D eigenvalue weighted by atomic mass is 35.5. The van der Waals surface area contributed by atoms with Crippen LogP contribution in [0.3, 0.4) is 0 Å². The Morgan fingerprint density at radius 1 is 0.955 bits per heavy atom. The van der Waals surface area contributed by atoms with Crippen molar-refractivity contribution in [1.82, 2.24) is 5.43 Å². The first-order valence-electron chi connectivity index (χ1n) is 13.5. The highest BCUT2D eigenvalue weighted by Crippen LogP contribution is 2.63. The highest BCUT2D eigenvalue weighted by molar-refractivity contribution is 6.38. The molecule has 2 bridgehead atoms. The molecular formula is C32H20Cl2N4O6. The molecule has 1 heterocycles. The fourth-order valence-corrected chi connectivity index (χ4v) is 7.52. The Hall–Kier alpha value is -5.06. The van der Waals surface area contributed by atoms with Crippen molar-refractivity contribution in [2.24, 2.45) is 16.9 Å². The summed E-state index contributed by atoms with van der Waals surface area (Å²) >= 11 is 12.6. The van der Waals surface area contributed by atoms with E-state index in [1.165, 1.54) is 18.3 Å². The average molecular weight is 627 g/mol. The minimum absolute atomic E-state index is 0.145. The smallest absolute Gasteiger partial charge is 0.275 e. The summed E-state index contributed by atoms with van der Waals surface area (Å²) in [5, 5.41) is 26.2. The first kappa shape index (κ1) is 27.8. The van der Waals surface area contributed by atoms with Gasteiger partial charge < -0.3 is 5.11 Å². The van der Waals surface area contributed by atoms with E-state index in [-0.39, 0.29) is 22.0 Å². The van der Waals surface area contributed by atoms with Crippen LogP contribution in [-0.2, 0) is 15.0 Å². The number of halogens is 2. The number of benzene rings is 4. The predicted octanol–water partition coefficient (Wildman–Crippen LogP) is 5.57. The molecule has 0 saturated carbocycles. The van der Waals surface area contributed by atoms with Crippen LogP contribution >= 0.6 is 23.2 Å². The van der Waals surface area contributed by atoms with E-state index in [9.17, 15) is 29.6 Å². The molecule has 4 aromatic carbocycles. The zero-order valence-corrected chi connectivity index (χ0v) is 24.0. The minimum Gasteiger partial charge on any atom is -0.507 e. The summed E-state index contributed by atoms with van der Waals surface area (Å²) in [5.74, 6) is -4.43. The van der Waals surface area contributed by atoms with E-state index in [2.05, 4.69) is 10.5 Å². The number of hydrazone groups is 1. The Bertz CT molecular complexity index is 1930. The summed E-state index contributed by atoms with van der Waals surface area (Å²) in [5.41, 5.74) is 3.77. The molecule has 44 heavy (non-hydrogen) atoms. The van der Waals surface area contributed by atoms with E-state index in [4.69, 9.17) is 23.2 Å². The standard InChI is InChI=1S/C32H20Cl2N4O6/c33-16-9-11-24(23(34)13-16)37-30(41)27-26-18-5-1-3-7-21(18)32(28(27)31(37)42,22-8-4-2-6-19(22)26)15-35-36-29(40)20-14-17(38(43)44)10-12-25(20)39/h1-15,26-28,39H,(H,36,40)/b35-15-/t26?,27-,28-,32?/m0/s1. The van der Waals surface area contributed by atoms with Gasteiger partial charge in [0, 0.05) is 29.3 Å². The second kappa shape index (κ2) is 10.0. The Morgan fingerprint density at radius 3 is 2.25 bits per heavy atom. The number of amides is 3. The van der Waals surface area contributed by atoms with Gasteiger partial charge in [0.1, 0.15) is 5.75 Å². The Kier molecular flexibility index (Phi) is 6.31. The molecule has 4 aromatic rings. The second-order valence-electron chi connectivity index (χ2n) is 10.8. The molecule has 1 fully saturated rings. The van der Waals surface area contributed by atoms with Crippen molar-refractivity contribution >= 4 is 58.5 Å². The quantitative estimate of drug-likeness (QED) is 0.128. The van der Waals surface area contributed by atoms with E-state index in [0.29, 0.717) is 5.02 Å². The van der Waals surface area contributed by atoms with Gasteiger partial charge in [-0.25, -0.2) is 10.3 Å². The topological polar surface area (TPSA) is 142 Å². The van der Waals surface area contributed by atoms with Crippen LogP contribution < -0.4 is 10.3 Å². The molecular weight excluding hydrogens is 607 g/mol. The molecule has 12 heteroatoms. The number of aromatic hydroxyl groups is 1. The number of nitro benzene ring substituents is 1. The maximum atomic E-state index is 14.4. The molecule has 218 valence electrons. The number of phenolic OH excluding ortho intramolecular Hbond substituents is 1. The lowest BCUT2D eigenvalue weighted by molar-refractivity contribution is -0.384. The number of hydrogen-bond acceptors (Lipinski definition) is 7. The van der Waals surface area contributed by atoms with Crippen LogP contribution in [0.1, 0.15) is 38.5 Å². The predicted molar refractivity (Wildman–Crippen MR) is 162 cm³/mol. The average Bonchev–Trinajstić information content (AvgIpc) is 3.28. The maximum Gasteiger partial charge on any atom is 0.275 e. The van der Waals surface area contributed by atoms with Gasteiger partial charge in [-0.15, -0.1) is 0 Å². The number of carbonyl (C=O) groups excluding carboxylic acids is 3. The number of carbonyl (C=O) groups is 3. The van der Waals surface area contributed by atoms with E-state index in [1.54, 1.807) is 6.07 Å². The maximum absolute atomic E-state index is 14.4. The molecule has 0 aromatic heterocycles. The lowest BCUT2D eigenvalue weighted by Crippen LogP contribution is -2.54. The van der Waals surface area contributed by atoms with Crippen LogP contribution in [0.25, 0.3) is 0 Å². The first-order chi connectivity index (χ1) is 21.1. The molecule has 8 rings (SSSR count). The Balaban J connectivity index is 1.38. The monoisotopic (exact) mass is 626 g/mol. The van der Waals surface area contributed by atoms with Crippen molar-refractivity contribution in [3.05, 3.63) is 133 Å². The summed E-state index contributed by atoms with van der Waals surface area (Å²) in [6.45, 7) is 0. The molecule has 10 nitrogen and oxygen atoms in total. The SMILES string of the molecule is O=C(N/N=C\C12c3ccccc3C(c3ccccc31)[C@@H]1C(=O)N(c3ccc(Cl)cc3Cl)C(=O)[C@H]12)c1cc([N+](=O)[O-])ccc1O. The van der Waals surface area contributed by atoms with Crippen molar-refractivity contribution in [2.75, 3.05) is 4.90 Å². The van der Waals surface area contributed by atoms with Gasteiger partial charge in [-0.05, 0) is 46.5 Å². The molecule has 1 saturated heterocycles. The van der Waals surface area contributed by atoms with Gasteiger partial charge in [0.15, 0.2) is 0 Å². The summed E-state index contributed by atoms with van der Waals surface area (Å²) in [6, 6.07) is 22.6. The van der Waals surface area contributed by atoms with Gasteiger partial charge in [-0.1, -0.05) is 71.7 Å². The number of imide groups is 1. The molecule has 3 aliphatic carbocycles. The lowest BCUT2D eigenvalue weighted by atomic mass is 9.47. The van der Waals surface area contributed by atoms with Crippen molar-refractivity contribution in [1.29, 1.82) is 0 Å². The number of hydrogen-bond donors (Lipinski definition) is 2. The summed E-state index contributed by atoms with van der Waals surface area (Å²) in [4.78, 5) is 53.4. The van der Waals surface area contributed by atoms with Crippen LogP contribution in [0.4, 0.5) is 11.4 Å². The first-order valence-corrected chi connectivity index (χ1v) is 14.2. The van der Waals surface area contributed by atoms with E-state index in [1.807, 2.05) is 48.5 Å². The largest absolute Gasteiger partial charge is 0.507 e. The summed E-state index contributed by atoms with van der Waals surface area (Å²) in [6.07, 6.45) is 1.45. The molecule has 4 aliphatic rings. The number of phenols is 1. The van der Waals surface area contributed by atoms with E-state index < -0.39 is 51.6 Å². The zero-order chi connectivity index (χ0) is 30.9. The number of rotatable bonds is 5. The number of nitrogens with zero attached hydrogens (tertiary/aromatic N) is 3. The van der Waals surface area contributed by atoms with Crippen molar-refractivity contribution in [3.8, 4) is 5.75 Å². The van der Waals surface area contributed by atoms with Gasteiger partial charge in [0.25, 0.3) is 11.6 Å². The Morgan fingerprint density at radius 2 is 1.61 bits per heavy atom. The van der Waals surface area contributed by atoms with Gasteiger partial charge in [-0.2, -0.15) is 5.10 Å². The van der Waals surface area contributed by atoms with Crippen LogP contribution in [0.2, 0.25) is 10.0 Å². The minimum atomic E-state index is -1.29. The van der Waals surface area contributed by atoms with Crippen molar-refractivity contribution < 1.29 is 24.4 Å². The fourth-order valence-electron chi connectivity index (χ4n) is 7.02. The third-order valence-electron chi connectivity index (χ3n) is 8.70. The summed E-state index contributed by atoms with van der Waals surface area (Å²) in [7, 11) is 0. The molecule has 0 unspecified atom stereocenters. The van der Waals surface area contributed by atoms with Crippen LogP contribution in [-0.4, -0.2) is 34.0 Å². The molecule has 2 atom stereocenters. The molecule has 3 amide bonds. The number of anilines is 1. The third-order valence-corrected chi connectivity index (χ3v) is 9.24. The molecule has 1 aliphatic heterocycles. The van der Waals surface area contributed by atoms with Gasteiger partial charge in [-0.3, -0.25) is 24.5 Å². The van der Waals surface area contributed by atoms with Crippen LogP contribution in [0, 0.1) is 22.0 Å². The highest BCUT2D eigenvalue weighted by Gasteiger charge is 2.68. The van der Waals surface area contributed by atoms with Crippen molar-refractivity contribution in [2.45, 2.75) is 11.3 Å². The van der Waals surface area contributed by atoms with Gasteiger partial charge >= 0.3 is 0 Å². The van der Waals surface area contributed by atoms with E-state index >= 15 is 0 Å². The fraction of sp³-hybridized carbons (Fsp3) is 0.125. The molecule has 2 N–H and O–H groups in total. The molecule has 0 radical (unpaired) electrons. The van der Waals surface area contributed by atoms with Crippen molar-refractivity contribution in [3.63, 3.8) is 0 Å². The Labute approximate surface area is 259 Å².